The molecule has 1 aliphatic rings. The van der Waals surface area contributed by atoms with E-state index >= 15 is 0 Å². The zero-order valence-corrected chi connectivity index (χ0v) is 12.1. The quantitative estimate of drug-likeness (QED) is 0.767. The van der Waals surface area contributed by atoms with Crippen molar-refractivity contribution in [3.05, 3.63) is 0 Å². The van der Waals surface area contributed by atoms with E-state index in [-0.39, 0.29) is 17.5 Å². The molecule has 0 aromatic rings. The largest absolute Gasteiger partial charge is 0.465 e. The van der Waals surface area contributed by atoms with Crippen molar-refractivity contribution in [2.24, 2.45) is 11.1 Å². The second kappa shape index (κ2) is 6.02. The van der Waals surface area contributed by atoms with Crippen LogP contribution in [0, 0.1) is 5.41 Å². The van der Waals surface area contributed by atoms with Crippen LogP contribution in [0.1, 0.15) is 53.4 Å². The normalized spacial score (nSPS) is 28.4. The Balaban J connectivity index is 2.34. The third-order valence-electron chi connectivity index (χ3n) is 3.39. The van der Waals surface area contributed by atoms with Gasteiger partial charge in [0.2, 0.25) is 0 Å². The molecule has 0 aromatic heterocycles. The van der Waals surface area contributed by atoms with E-state index in [1.54, 1.807) is 6.92 Å². The van der Waals surface area contributed by atoms with Gasteiger partial charge in [-0.05, 0) is 31.6 Å². The Morgan fingerprint density at radius 3 is 2.67 bits per heavy atom. The van der Waals surface area contributed by atoms with Crippen LogP contribution in [0.15, 0.2) is 0 Å². The molecule has 1 rings (SSSR count). The molecule has 0 heterocycles. The smallest absolute Gasteiger partial charge is 0.326 e. The molecule has 1 fully saturated rings. The summed E-state index contributed by atoms with van der Waals surface area (Å²) in [7, 11) is 0. The van der Waals surface area contributed by atoms with Gasteiger partial charge in [-0.3, -0.25) is 4.79 Å². The molecule has 2 atom stereocenters. The van der Waals surface area contributed by atoms with Crippen LogP contribution in [0.3, 0.4) is 0 Å². The van der Waals surface area contributed by atoms with Crippen LogP contribution in [0.4, 0.5) is 0 Å². The molecular weight excluding hydrogens is 230 g/mol. The van der Waals surface area contributed by atoms with Gasteiger partial charge in [0, 0.05) is 13.0 Å². The predicted octanol–water partition coefficient (Wildman–Crippen LogP) is 2.25. The predicted molar refractivity (Wildman–Crippen MR) is 71.2 cm³/mol. The Morgan fingerprint density at radius 1 is 1.44 bits per heavy atom. The number of nitrogens with two attached hydrogens (primary N) is 1. The van der Waals surface area contributed by atoms with Crippen LogP contribution in [0.2, 0.25) is 0 Å². The standard InChI is InChI=1S/C14H27NO3/c1-5-17-12(16)14(15)7-6-11(10-14)18-9-8-13(2,3)4/h11H,5-10,15H2,1-4H3. The highest BCUT2D eigenvalue weighted by Gasteiger charge is 2.43. The van der Waals surface area contributed by atoms with E-state index in [1.165, 1.54) is 0 Å². The van der Waals surface area contributed by atoms with E-state index in [0.29, 0.717) is 19.4 Å². The van der Waals surface area contributed by atoms with Crippen molar-refractivity contribution in [1.29, 1.82) is 0 Å². The highest BCUT2D eigenvalue weighted by atomic mass is 16.5. The average Bonchev–Trinajstić information content (AvgIpc) is 2.60. The van der Waals surface area contributed by atoms with Gasteiger partial charge in [-0.2, -0.15) is 0 Å². The second-order valence-corrected chi connectivity index (χ2v) is 6.42. The fraction of sp³-hybridized carbons (Fsp3) is 0.929. The van der Waals surface area contributed by atoms with E-state index in [2.05, 4.69) is 20.8 Å². The highest BCUT2D eigenvalue weighted by Crippen LogP contribution is 2.31. The molecule has 106 valence electrons. The number of hydrogen-bond acceptors (Lipinski definition) is 4. The molecular formula is C14H27NO3. The summed E-state index contributed by atoms with van der Waals surface area (Å²) in [5.74, 6) is -0.285. The van der Waals surface area contributed by atoms with E-state index in [1.807, 2.05) is 0 Å². The van der Waals surface area contributed by atoms with E-state index in [9.17, 15) is 4.79 Å². The molecule has 0 radical (unpaired) electrons. The molecule has 18 heavy (non-hydrogen) atoms. The summed E-state index contributed by atoms with van der Waals surface area (Å²) in [6.07, 6.45) is 3.20. The Hall–Kier alpha value is -0.610. The third kappa shape index (κ3) is 4.58. The summed E-state index contributed by atoms with van der Waals surface area (Å²) >= 11 is 0. The first kappa shape index (κ1) is 15.4. The van der Waals surface area contributed by atoms with Gasteiger partial charge in [0.1, 0.15) is 5.54 Å². The molecule has 0 bridgehead atoms. The van der Waals surface area contributed by atoms with E-state index in [0.717, 1.165) is 19.4 Å². The van der Waals surface area contributed by atoms with Crippen LogP contribution < -0.4 is 5.73 Å². The van der Waals surface area contributed by atoms with Gasteiger partial charge < -0.3 is 15.2 Å². The van der Waals surface area contributed by atoms with Gasteiger partial charge in [0.05, 0.1) is 12.7 Å². The number of hydrogen-bond donors (Lipinski definition) is 1. The van der Waals surface area contributed by atoms with Crippen LogP contribution in [0.25, 0.3) is 0 Å². The number of carbonyl (C=O) groups is 1. The maximum atomic E-state index is 11.7. The SMILES string of the molecule is CCOC(=O)C1(N)CCC(OCCC(C)(C)C)C1. The first-order chi connectivity index (χ1) is 8.27. The molecule has 0 aliphatic heterocycles. The number of carbonyl (C=O) groups excluding carboxylic acids is 1. The summed E-state index contributed by atoms with van der Waals surface area (Å²) in [5.41, 5.74) is 5.53. The van der Waals surface area contributed by atoms with E-state index in [4.69, 9.17) is 15.2 Å². The van der Waals surface area contributed by atoms with Gasteiger partial charge in [-0.25, -0.2) is 0 Å². The van der Waals surface area contributed by atoms with Gasteiger partial charge in [-0.1, -0.05) is 20.8 Å². The first-order valence-corrected chi connectivity index (χ1v) is 6.84. The van der Waals surface area contributed by atoms with Crippen molar-refractivity contribution in [1.82, 2.24) is 0 Å². The summed E-state index contributed by atoms with van der Waals surface area (Å²) in [5, 5.41) is 0. The van der Waals surface area contributed by atoms with Gasteiger partial charge >= 0.3 is 5.97 Å². The molecule has 1 saturated carbocycles. The topological polar surface area (TPSA) is 61.5 Å². The van der Waals surface area contributed by atoms with Crippen LogP contribution >= 0.6 is 0 Å². The van der Waals surface area contributed by atoms with Gasteiger partial charge in [-0.15, -0.1) is 0 Å². The van der Waals surface area contributed by atoms with Crippen molar-refractivity contribution in [2.45, 2.75) is 65.0 Å². The van der Waals surface area contributed by atoms with Crippen LogP contribution in [0.5, 0.6) is 0 Å². The minimum Gasteiger partial charge on any atom is -0.465 e. The minimum absolute atomic E-state index is 0.0988. The first-order valence-electron chi connectivity index (χ1n) is 6.84. The fourth-order valence-electron chi connectivity index (χ4n) is 2.16. The fourth-order valence-corrected chi connectivity index (χ4v) is 2.16. The van der Waals surface area contributed by atoms with Crippen molar-refractivity contribution in [2.75, 3.05) is 13.2 Å². The molecule has 1 aliphatic carbocycles. The lowest BCUT2D eigenvalue weighted by Crippen LogP contribution is -2.47. The molecule has 0 spiro atoms. The molecule has 2 unspecified atom stereocenters. The zero-order chi connectivity index (χ0) is 13.8. The third-order valence-corrected chi connectivity index (χ3v) is 3.39. The number of ether oxygens (including phenoxy) is 2. The molecule has 0 amide bonds. The average molecular weight is 257 g/mol. The second-order valence-electron chi connectivity index (χ2n) is 6.42. The molecule has 0 aromatic carbocycles. The van der Waals surface area contributed by atoms with Crippen molar-refractivity contribution >= 4 is 5.97 Å². The Kier molecular flexibility index (Phi) is 5.17. The van der Waals surface area contributed by atoms with Gasteiger partial charge in [0.25, 0.3) is 0 Å². The molecule has 4 heteroatoms. The maximum Gasteiger partial charge on any atom is 0.326 e. The maximum absolute atomic E-state index is 11.7. The monoisotopic (exact) mass is 257 g/mol. The van der Waals surface area contributed by atoms with Crippen molar-refractivity contribution < 1.29 is 14.3 Å². The highest BCUT2D eigenvalue weighted by molar-refractivity contribution is 5.81. The Bertz CT molecular complexity index is 285. The summed E-state index contributed by atoms with van der Waals surface area (Å²) in [6, 6.07) is 0. The number of esters is 1. The van der Waals surface area contributed by atoms with Crippen LogP contribution in [-0.4, -0.2) is 30.8 Å². The lowest BCUT2D eigenvalue weighted by Gasteiger charge is -2.22. The molecule has 4 nitrogen and oxygen atoms in total. The van der Waals surface area contributed by atoms with Crippen LogP contribution in [-0.2, 0) is 14.3 Å². The molecule has 0 saturated heterocycles. The summed E-state index contributed by atoms with van der Waals surface area (Å²) < 4.78 is 10.8. The van der Waals surface area contributed by atoms with Crippen molar-refractivity contribution in [3.8, 4) is 0 Å². The minimum atomic E-state index is -0.831. The van der Waals surface area contributed by atoms with Crippen molar-refractivity contribution in [3.63, 3.8) is 0 Å². The lowest BCUT2D eigenvalue weighted by molar-refractivity contribution is -0.149. The Labute approximate surface area is 110 Å². The zero-order valence-electron chi connectivity index (χ0n) is 12.1. The Morgan fingerprint density at radius 2 is 2.11 bits per heavy atom. The van der Waals surface area contributed by atoms with E-state index < -0.39 is 5.54 Å². The van der Waals surface area contributed by atoms with Gasteiger partial charge in [0.15, 0.2) is 0 Å². The lowest BCUT2D eigenvalue weighted by atomic mass is 9.93. The number of rotatable bonds is 5. The summed E-state index contributed by atoms with van der Waals surface area (Å²) in [4.78, 5) is 11.7. The summed E-state index contributed by atoms with van der Waals surface area (Å²) in [6.45, 7) is 9.48. The molecule has 2 N–H and O–H groups in total.